The molecule has 1 aliphatic heterocycles. The van der Waals surface area contributed by atoms with Crippen LogP contribution < -0.4 is 10.2 Å². The number of carbonyl (C=O) groups excluding carboxylic acids is 1. The molecule has 0 atom stereocenters. The molecule has 0 saturated carbocycles. The van der Waals surface area contributed by atoms with Crippen molar-refractivity contribution in [3.63, 3.8) is 0 Å². The van der Waals surface area contributed by atoms with Gasteiger partial charge >= 0.3 is 0 Å². The topological polar surface area (TPSA) is 33.5 Å². The first-order chi connectivity index (χ1) is 7.74. The number of halogens is 1. The van der Waals surface area contributed by atoms with E-state index in [-0.39, 0.29) is 5.91 Å². The van der Waals surface area contributed by atoms with Gasteiger partial charge in [-0.2, -0.15) is 0 Å². The summed E-state index contributed by atoms with van der Waals surface area (Å²) in [6.45, 7) is 2.85. The van der Waals surface area contributed by atoms with Gasteiger partial charge in [-0.05, 0) is 18.2 Å². The Hall–Kier alpha value is -0.870. The molecule has 0 radical (unpaired) electrons. The molecule has 86 valence electrons. The lowest BCUT2D eigenvalue weighted by Crippen LogP contribution is -3.11. The minimum absolute atomic E-state index is 0.106. The van der Waals surface area contributed by atoms with Gasteiger partial charge in [-0.25, -0.2) is 0 Å². The molecule has 0 spiro atoms. The van der Waals surface area contributed by atoms with Gasteiger partial charge in [-0.3, -0.25) is 4.79 Å². The average molecular weight is 284 g/mol. The van der Waals surface area contributed by atoms with Gasteiger partial charge in [0.25, 0.3) is 5.91 Å². The second-order valence-corrected chi connectivity index (χ2v) is 5.11. The Balaban J connectivity index is 1.86. The molecule has 0 bridgehead atoms. The van der Waals surface area contributed by atoms with Crippen LogP contribution >= 0.6 is 15.9 Å². The molecule has 2 N–H and O–H groups in total. The molecule has 1 amide bonds. The lowest BCUT2D eigenvalue weighted by molar-refractivity contribution is -0.878. The van der Waals surface area contributed by atoms with Gasteiger partial charge in [-0.15, -0.1) is 0 Å². The number of hydrogen-bond donors (Lipinski definition) is 2. The van der Waals surface area contributed by atoms with Crippen LogP contribution in [0.3, 0.4) is 0 Å². The van der Waals surface area contributed by atoms with Gasteiger partial charge in [0.1, 0.15) is 0 Å². The third-order valence-electron chi connectivity index (χ3n) is 2.83. The van der Waals surface area contributed by atoms with Crippen molar-refractivity contribution in [1.82, 2.24) is 0 Å². The number of benzene rings is 1. The van der Waals surface area contributed by atoms with Crippen LogP contribution in [0.1, 0.15) is 12.8 Å². The van der Waals surface area contributed by atoms with Crippen LogP contribution in [0, 0.1) is 0 Å². The summed E-state index contributed by atoms with van der Waals surface area (Å²) in [5.41, 5.74) is 0.859. The van der Waals surface area contributed by atoms with Crippen LogP contribution in [0.15, 0.2) is 28.7 Å². The number of rotatable bonds is 3. The predicted octanol–water partition coefficient (Wildman–Crippen LogP) is 1.07. The molecule has 0 aliphatic carbocycles. The fourth-order valence-electron chi connectivity index (χ4n) is 2.05. The highest BCUT2D eigenvalue weighted by Crippen LogP contribution is 2.15. The summed E-state index contributed by atoms with van der Waals surface area (Å²) in [6.07, 6.45) is 2.50. The third kappa shape index (κ3) is 3.32. The molecule has 16 heavy (non-hydrogen) atoms. The van der Waals surface area contributed by atoms with Crippen LogP contribution in [-0.2, 0) is 4.79 Å². The fourth-order valence-corrected chi connectivity index (χ4v) is 2.45. The van der Waals surface area contributed by atoms with Crippen molar-refractivity contribution in [1.29, 1.82) is 0 Å². The van der Waals surface area contributed by atoms with Gasteiger partial charge < -0.3 is 10.2 Å². The van der Waals surface area contributed by atoms with Crippen molar-refractivity contribution in [2.75, 3.05) is 25.0 Å². The zero-order valence-electron chi connectivity index (χ0n) is 9.13. The number of carbonyl (C=O) groups is 1. The summed E-state index contributed by atoms with van der Waals surface area (Å²) >= 11 is 3.38. The van der Waals surface area contributed by atoms with Gasteiger partial charge in [0.2, 0.25) is 0 Å². The fraction of sp³-hybridized carbons (Fsp3) is 0.417. The zero-order chi connectivity index (χ0) is 11.4. The number of quaternary nitrogens is 1. The lowest BCUT2D eigenvalue weighted by atomic mass is 10.3. The Morgan fingerprint density at radius 2 is 2.12 bits per heavy atom. The minimum atomic E-state index is 0.106. The number of nitrogens with one attached hydrogen (secondary N) is 2. The average Bonchev–Trinajstić information content (AvgIpc) is 2.70. The predicted molar refractivity (Wildman–Crippen MR) is 67.6 cm³/mol. The van der Waals surface area contributed by atoms with Crippen LogP contribution in [0.4, 0.5) is 5.69 Å². The van der Waals surface area contributed by atoms with E-state index in [1.807, 2.05) is 24.3 Å². The molecular formula is C12H16BrN2O+. The van der Waals surface area contributed by atoms with Crippen molar-refractivity contribution in [3.05, 3.63) is 28.7 Å². The highest BCUT2D eigenvalue weighted by atomic mass is 79.9. The van der Waals surface area contributed by atoms with E-state index in [1.165, 1.54) is 17.7 Å². The molecule has 2 rings (SSSR count). The largest absolute Gasteiger partial charge is 0.327 e. The van der Waals surface area contributed by atoms with Crippen molar-refractivity contribution in [2.45, 2.75) is 12.8 Å². The number of amides is 1. The van der Waals surface area contributed by atoms with E-state index in [0.717, 1.165) is 23.2 Å². The zero-order valence-corrected chi connectivity index (χ0v) is 10.7. The SMILES string of the molecule is O=C(C[NH+]1CCCC1)Nc1cccc(Br)c1. The standard InChI is InChI=1S/C12H15BrN2O/c13-10-4-3-5-11(8-10)14-12(16)9-15-6-1-2-7-15/h3-5,8H,1-2,6-7,9H2,(H,14,16)/p+1. The van der Waals surface area contributed by atoms with Crippen LogP contribution in [0.25, 0.3) is 0 Å². The monoisotopic (exact) mass is 283 g/mol. The maximum atomic E-state index is 11.7. The first kappa shape index (κ1) is 11.6. The highest BCUT2D eigenvalue weighted by Gasteiger charge is 2.18. The molecule has 4 heteroatoms. The van der Waals surface area contributed by atoms with E-state index in [0.29, 0.717) is 6.54 Å². The quantitative estimate of drug-likeness (QED) is 0.855. The molecule has 1 aromatic rings. The van der Waals surface area contributed by atoms with Gasteiger partial charge in [0.15, 0.2) is 6.54 Å². The van der Waals surface area contributed by atoms with Crippen LogP contribution in [-0.4, -0.2) is 25.5 Å². The molecule has 1 aliphatic rings. The van der Waals surface area contributed by atoms with E-state index in [2.05, 4.69) is 21.2 Å². The second kappa shape index (κ2) is 5.46. The molecule has 1 aromatic carbocycles. The highest BCUT2D eigenvalue weighted by molar-refractivity contribution is 9.10. The van der Waals surface area contributed by atoms with Crippen LogP contribution in [0.5, 0.6) is 0 Å². The van der Waals surface area contributed by atoms with Crippen LogP contribution in [0.2, 0.25) is 0 Å². The van der Waals surface area contributed by atoms with E-state index in [4.69, 9.17) is 0 Å². The Morgan fingerprint density at radius 3 is 2.81 bits per heavy atom. The molecule has 0 aromatic heterocycles. The van der Waals surface area contributed by atoms with E-state index < -0.39 is 0 Å². The summed E-state index contributed by atoms with van der Waals surface area (Å²) in [5, 5.41) is 2.92. The van der Waals surface area contributed by atoms with Gasteiger partial charge in [-0.1, -0.05) is 22.0 Å². The third-order valence-corrected chi connectivity index (χ3v) is 3.32. The van der Waals surface area contributed by atoms with E-state index in [9.17, 15) is 4.79 Å². The Labute approximate surface area is 104 Å². The Kier molecular flexibility index (Phi) is 3.96. The number of hydrogen-bond acceptors (Lipinski definition) is 1. The molecule has 1 saturated heterocycles. The molecule has 3 nitrogen and oxygen atoms in total. The van der Waals surface area contributed by atoms with Gasteiger partial charge in [0.05, 0.1) is 13.1 Å². The van der Waals surface area contributed by atoms with E-state index >= 15 is 0 Å². The van der Waals surface area contributed by atoms with Crippen molar-refractivity contribution >= 4 is 27.5 Å². The Bertz CT molecular complexity index is 375. The maximum Gasteiger partial charge on any atom is 0.279 e. The molecular weight excluding hydrogens is 268 g/mol. The summed E-state index contributed by atoms with van der Waals surface area (Å²) in [5.74, 6) is 0.106. The molecule has 1 fully saturated rings. The first-order valence-corrected chi connectivity index (χ1v) is 6.42. The smallest absolute Gasteiger partial charge is 0.279 e. The number of likely N-dealkylation sites (tertiary alicyclic amines) is 1. The summed E-state index contributed by atoms with van der Waals surface area (Å²) in [6, 6.07) is 7.68. The summed E-state index contributed by atoms with van der Waals surface area (Å²) in [4.78, 5) is 13.1. The van der Waals surface area contributed by atoms with Crippen molar-refractivity contribution in [2.24, 2.45) is 0 Å². The maximum absolute atomic E-state index is 11.7. The second-order valence-electron chi connectivity index (χ2n) is 4.19. The minimum Gasteiger partial charge on any atom is -0.327 e. The van der Waals surface area contributed by atoms with Crippen molar-refractivity contribution < 1.29 is 9.69 Å². The molecule has 1 heterocycles. The Morgan fingerprint density at radius 1 is 1.38 bits per heavy atom. The lowest BCUT2D eigenvalue weighted by Gasteiger charge is -2.11. The molecule has 0 unspecified atom stereocenters. The van der Waals surface area contributed by atoms with E-state index in [1.54, 1.807) is 0 Å². The number of anilines is 1. The first-order valence-electron chi connectivity index (χ1n) is 5.63. The summed E-state index contributed by atoms with van der Waals surface area (Å²) in [7, 11) is 0. The summed E-state index contributed by atoms with van der Waals surface area (Å²) < 4.78 is 0.985. The normalized spacial score (nSPS) is 16.3. The van der Waals surface area contributed by atoms with Crippen molar-refractivity contribution in [3.8, 4) is 0 Å². The van der Waals surface area contributed by atoms with Gasteiger partial charge in [0, 0.05) is 23.0 Å².